The van der Waals surface area contributed by atoms with Gasteiger partial charge in [-0.25, -0.2) is 13.9 Å². The van der Waals surface area contributed by atoms with E-state index in [2.05, 4.69) is 5.10 Å². The van der Waals surface area contributed by atoms with Crippen molar-refractivity contribution in [2.75, 3.05) is 0 Å². The highest BCUT2D eigenvalue weighted by molar-refractivity contribution is 5.87. The lowest BCUT2D eigenvalue weighted by atomic mass is 10.1. The van der Waals surface area contributed by atoms with E-state index in [9.17, 15) is 9.18 Å². The van der Waals surface area contributed by atoms with Gasteiger partial charge in [0.1, 0.15) is 11.9 Å². The number of hydrogen-bond acceptors (Lipinski definition) is 3. The van der Waals surface area contributed by atoms with Gasteiger partial charge in [0, 0.05) is 11.8 Å². The molecule has 0 spiro atoms. The van der Waals surface area contributed by atoms with Crippen LogP contribution in [0.4, 0.5) is 4.39 Å². The second-order valence-corrected chi connectivity index (χ2v) is 3.95. The Kier molecular flexibility index (Phi) is 3.62. The van der Waals surface area contributed by atoms with E-state index < -0.39 is 11.8 Å². The van der Waals surface area contributed by atoms with Crippen molar-refractivity contribution in [3.63, 3.8) is 0 Å². The van der Waals surface area contributed by atoms with Gasteiger partial charge in [-0.1, -0.05) is 12.1 Å². The Hall–Kier alpha value is -2.94. The molecule has 1 aromatic carbocycles. The standard InChI is InChI=1S/C14H10FN3O2/c1-2-5-18-13(7-12(17-18)14(19)20)9-3-4-10(8-16)11(15)6-9/h2-7H,1H3,(H,19,20)/b5-2+. The van der Waals surface area contributed by atoms with Gasteiger partial charge in [0.05, 0.1) is 11.3 Å². The molecule has 100 valence electrons. The van der Waals surface area contributed by atoms with E-state index in [0.29, 0.717) is 11.3 Å². The van der Waals surface area contributed by atoms with Crippen molar-refractivity contribution in [3.05, 3.63) is 47.4 Å². The van der Waals surface area contributed by atoms with Gasteiger partial charge in [-0.3, -0.25) is 0 Å². The van der Waals surface area contributed by atoms with Crippen molar-refractivity contribution in [2.45, 2.75) is 6.92 Å². The summed E-state index contributed by atoms with van der Waals surface area (Å²) in [6.07, 6.45) is 3.25. The third-order valence-electron chi connectivity index (χ3n) is 2.63. The molecule has 0 amide bonds. The molecule has 1 aromatic heterocycles. The SMILES string of the molecule is C/C=C/n1nc(C(=O)O)cc1-c1ccc(C#N)c(F)c1. The molecule has 5 nitrogen and oxygen atoms in total. The first-order valence-electron chi connectivity index (χ1n) is 5.72. The lowest BCUT2D eigenvalue weighted by molar-refractivity contribution is 0.0690. The number of allylic oxidation sites excluding steroid dienone is 1. The third-order valence-corrected chi connectivity index (χ3v) is 2.63. The number of carboxylic acid groups (broad SMARTS) is 1. The van der Waals surface area contributed by atoms with Crippen LogP contribution in [0.2, 0.25) is 0 Å². The van der Waals surface area contributed by atoms with Crippen molar-refractivity contribution in [1.82, 2.24) is 9.78 Å². The Morgan fingerprint density at radius 3 is 2.80 bits per heavy atom. The molecule has 0 radical (unpaired) electrons. The van der Waals surface area contributed by atoms with Crippen LogP contribution in [0.15, 0.2) is 30.3 Å². The minimum atomic E-state index is -1.16. The smallest absolute Gasteiger partial charge is 0.356 e. The second kappa shape index (κ2) is 5.36. The van der Waals surface area contributed by atoms with Crippen molar-refractivity contribution >= 4 is 12.2 Å². The lowest BCUT2D eigenvalue weighted by Gasteiger charge is -2.03. The lowest BCUT2D eigenvalue weighted by Crippen LogP contribution is -1.98. The van der Waals surface area contributed by atoms with E-state index >= 15 is 0 Å². The molecule has 0 unspecified atom stereocenters. The van der Waals surface area contributed by atoms with Crippen molar-refractivity contribution in [1.29, 1.82) is 5.26 Å². The summed E-state index contributed by atoms with van der Waals surface area (Å²) in [5.41, 5.74) is 0.677. The number of aromatic carboxylic acids is 1. The highest BCUT2D eigenvalue weighted by atomic mass is 19.1. The predicted octanol–water partition coefficient (Wildman–Crippen LogP) is 2.75. The minimum absolute atomic E-state index is 0.0655. The van der Waals surface area contributed by atoms with Crippen LogP contribution in [0.3, 0.4) is 0 Å². The zero-order chi connectivity index (χ0) is 14.7. The number of carboxylic acids is 1. The Labute approximate surface area is 114 Å². The van der Waals surface area contributed by atoms with Crippen molar-refractivity contribution < 1.29 is 14.3 Å². The van der Waals surface area contributed by atoms with Gasteiger partial charge in [0.25, 0.3) is 0 Å². The minimum Gasteiger partial charge on any atom is -0.476 e. The van der Waals surface area contributed by atoms with Crippen LogP contribution in [0, 0.1) is 17.1 Å². The monoisotopic (exact) mass is 271 g/mol. The molecule has 0 aliphatic carbocycles. The maximum atomic E-state index is 13.6. The van der Waals surface area contributed by atoms with Gasteiger partial charge in [-0.2, -0.15) is 10.4 Å². The first-order valence-corrected chi connectivity index (χ1v) is 5.72. The molecule has 0 bridgehead atoms. The normalized spacial score (nSPS) is 10.7. The Morgan fingerprint density at radius 1 is 1.50 bits per heavy atom. The van der Waals surface area contributed by atoms with E-state index in [1.54, 1.807) is 31.3 Å². The van der Waals surface area contributed by atoms with E-state index in [4.69, 9.17) is 10.4 Å². The van der Waals surface area contributed by atoms with Gasteiger partial charge in [-0.05, 0) is 25.1 Å². The number of benzene rings is 1. The molecule has 20 heavy (non-hydrogen) atoms. The van der Waals surface area contributed by atoms with Crippen LogP contribution in [-0.2, 0) is 0 Å². The molecule has 1 heterocycles. The summed E-state index contributed by atoms with van der Waals surface area (Å²) in [6, 6.07) is 7.15. The number of nitrogens with zero attached hydrogens (tertiary/aromatic N) is 3. The second-order valence-electron chi connectivity index (χ2n) is 3.95. The van der Waals surface area contributed by atoms with E-state index in [1.165, 1.54) is 22.9 Å². The number of hydrogen-bond donors (Lipinski definition) is 1. The summed E-state index contributed by atoms with van der Waals surface area (Å²) in [5, 5.41) is 21.5. The van der Waals surface area contributed by atoms with Crippen molar-refractivity contribution in [3.8, 4) is 17.3 Å². The molecule has 2 rings (SSSR count). The first-order chi connectivity index (χ1) is 9.56. The summed E-state index contributed by atoms with van der Waals surface area (Å²) in [7, 11) is 0. The Bertz CT molecular complexity index is 741. The van der Waals surface area contributed by atoms with Crippen LogP contribution >= 0.6 is 0 Å². The molecule has 0 aliphatic heterocycles. The summed E-state index contributed by atoms with van der Waals surface area (Å²) >= 11 is 0. The molecular formula is C14H10FN3O2. The highest BCUT2D eigenvalue weighted by Gasteiger charge is 2.14. The molecule has 6 heteroatoms. The largest absolute Gasteiger partial charge is 0.476 e. The number of rotatable bonds is 3. The number of nitriles is 1. The quantitative estimate of drug-likeness (QED) is 0.930. The molecule has 2 aromatic rings. The molecule has 0 fully saturated rings. The van der Waals surface area contributed by atoms with Crippen LogP contribution in [0.5, 0.6) is 0 Å². The van der Waals surface area contributed by atoms with Crippen molar-refractivity contribution in [2.24, 2.45) is 0 Å². The van der Waals surface area contributed by atoms with E-state index in [-0.39, 0.29) is 11.3 Å². The molecule has 0 atom stereocenters. The molecular weight excluding hydrogens is 261 g/mol. The zero-order valence-electron chi connectivity index (χ0n) is 10.5. The van der Waals surface area contributed by atoms with E-state index in [1.807, 2.05) is 0 Å². The van der Waals surface area contributed by atoms with Gasteiger partial charge in [0.15, 0.2) is 5.69 Å². The number of carbonyl (C=O) groups is 1. The molecule has 0 saturated heterocycles. The van der Waals surface area contributed by atoms with E-state index in [0.717, 1.165) is 0 Å². The summed E-state index contributed by atoms with van der Waals surface area (Å²) < 4.78 is 15.0. The molecule has 0 aliphatic rings. The van der Waals surface area contributed by atoms with Crippen LogP contribution in [0.25, 0.3) is 17.5 Å². The average molecular weight is 271 g/mol. The maximum Gasteiger partial charge on any atom is 0.356 e. The third kappa shape index (κ3) is 2.42. The van der Waals surface area contributed by atoms with Crippen LogP contribution < -0.4 is 0 Å². The average Bonchev–Trinajstić information content (AvgIpc) is 2.83. The summed E-state index contributed by atoms with van der Waals surface area (Å²) in [4.78, 5) is 11.0. The Balaban J connectivity index is 2.59. The summed E-state index contributed by atoms with van der Waals surface area (Å²) in [5.74, 6) is -1.82. The molecule has 0 saturated carbocycles. The molecule has 1 N–H and O–H groups in total. The highest BCUT2D eigenvalue weighted by Crippen LogP contribution is 2.23. The first kappa shape index (κ1) is 13.5. The van der Waals surface area contributed by atoms with Gasteiger partial charge < -0.3 is 5.11 Å². The van der Waals surface area contributed by atoms with Crippen LogP contribution in [-0.4, -0.2) is 20.9 Å². The fourth-order valence-corrected chi connectivity index (χ4v) is 1.73. The van der Waals surface area contributed by atoms with Gasteiger partial charge in [-0.15, -0.1) is 0 Å². The number of halogens is 1. The fraction of sp³-hybridized carbons (Fsp3) is 0.0714. The van der Waals surface area contributed by atoms with Crippen LogP contribution in [0.1, 0.15) is 23.0 Å². The predicted molar refractivity (Wildman–Crippen MR) is 70.3 cm³/mol. The number of aromatic nitrogens is 2. The Morgan fingerprint density at radius 2 is 2.25 bits per heavy atom. The maximum absolute atomic E-state index is 13.6. The topological polar surface area (TPSA) is 78.9 Å². The van der Waals surface area contributed by atoms with Gasteiger partial charge in [0.2, 0.25) is 0 Å². The zero-order valence-corrected chi connectivity index (χ0v) is 10.5. The summed E-state index contributed by atoms with van der Waals surface area (Å²) in [6.45, 7) is 1.76. The fourth-order valence-electron chi connectivity index (χ4n) is 1.73. The van der Waals surface area contributed by atoms with Gasteiger partial charge >= 0.3 is 5.97 Å².